The van der Waals surface area contributed by atoms with Crippen LogP contribution < -0.4 is 4.74 Å². The third-order valence-electron chi connectivity index (χ3n) is 1.68. The molecule has 4 heteroatoms. The van der Waals surface area contributed by atoms with Crippen LogP contribution in [-0.4, -0.2) is 23.7 Å². The Morgan fingerprint density at radius 3 is 2.86 bits per heavy atom. The van der Waals surface area contributed by atoms with E-state index in [-0.39, 0.29) is 6.61 Å². The van der Waals surface area contributed by atoms with E-state index in [0.29, 0.717) is 23.1 Å². The van der Waals surface area contributed by atoms with Gasteiger partial charge in [-0.05, 0) is 24.6 Å². The van der Waals surface area contributed by atoms with Crippen molar-refractivity contribution in [2.45, 2.75) is 12.5 Å². The van der Waals surface area contributed by atoms with E-state index in [1.54, 1.807) is 24.3 Å². The number of halogens is 2. The summed E-state index contributed by atoms with van der Waals surface area (Å²) in [6.07, 6.45) is 0.00811. The molecule has 0 amide bonds. The molecule has 0 heterocycles. The minimum absolute atomic E-state index is 0.243. The first kappa shape index (κ1) is 11.6. The number of benzene rings is 1. The molecule has 1 aromatic rings. The molecule has 1 N–H and O–H groups in total. The first-order chi connectivity index (χ1) is 6.72. The van der Waals surface area contributed by atoms with Crippen molar-refractivity contribution in [1.82, 2.24) is 0 Å². The summed E-state index contributed by atoms with van der Waals surface area (Å²) < 4.78 is 5.31. The maximum absolute atomic E-state index is 9.34. The number of ether oxygens (including phenoxy) is 1. The van der Waals surface area contributed by atoms with Gasteiger partial charge in [-0.3, -0.25) is 0 Å². The lowest BCUT2D eigenvalue weighted by molar-refractivity contribution is 0.105. The molecule has 0 radical (unpaired) electrons. The van der Waals surface area contributed by atoms with Gasteiger partial charge < -0.3 is 9.84 Å². The molecule has 1 aromatic carbocycles. The van der Waals surface area contributed by atoms with E-state index in [0.717, 1.165) is 0 Å². The van der Waals surface area contributed by atoms with Gasteiger partial charge in [0, 0.05) is 10.9 Å². The van der Waals surface area contributed by atoms with E-state index in [4.69, 9.17) is 27.9 Å². The topological polar surface area (TPSA) is 29.5 Å². The van der Waals surface area contributed by atoms with Crippen molar-refractivity contribution >= 4 is 23.2 Å². The molecule has 0 aliphatic carbocycles. The first-order valence-corrected chi connectivity index (χ1v) is 5.26. The molecular weight excluding hydrogens is 223 g/mol. The van der Waals surface area contributed by atoms with E-state index < -0.39 is 6.10 Å². The molecular formula is C10H12Cl2O2. The molecule has 0 saturated carbocycles. The highest BCUT2D eigenvalue weighted by Gasteiger charge is 2.04. The molecule has 1 atom stereocenters. The minimum atomic E-state index is -0.522. The number of hydrogen-bond donors (Lipinski definition) is 1. The maximum Gasteiger partial charge on any atom is 0.120 e. The van der Waals surface area contributed by atoms with E-state index in [2.05, 4.69) is 0 Å². The second kappa shape index (κ2) is 6.12. The summed E-state index contributed by atoms with van der Waals surface area (Å²) in [5, 5.41) is 9.96. The summed E-state index contributed by atoms with van der Waals surface area (Å²) in [5.74, 6) is 1.09. The molecule has 0 fully saturated rings. The van der Waals surface area contributed by atoms with Gasteiger partial charge in [-0.15, -0.1) is 11.6 Å². The average molecular weight is 235 g/mol. The zero-order valence-corrected chi connectivity index (χ0v) is 9.13. The summed E-state index contributed by atoms with van der Waals surface area (Å²) in [4.78, 5) is 0. The molecule has 78 valence electrons. The van der Waals surface area contributed by atoms with Crippen LogP contribution in [0.2, 0.25) is 5.02 Å². The summed E-state index contributed by atoms with van der Waals surface area (Å²) >= 11 is 11.2. The lowest BCUT2D eigenvalue weighted by atomic mass is 10.3. The summed E-state index contributed by atoms with van der Waals surface area (Å²) in [7, 11) is 0. The lowest BCUT2D eigenvalue weighted by Crippen LogP contribution is -2.17. The minimum Gasteiger partial charge on any atom is -0.491 e. The predicted molar refractivity (Wildman–Crippen MR) is 58.3 cm³/mol. The van der Waals surface area contributed by atoms with Crippen LogP contribution in [0.3, 0.4) is 0 Å². The van der Waals surface area contributed by atoms with Crippen LogP contribution >= 0.6 is 23.2 Å². The monoisotopic (exact) mass is 234 g/mol. The van der Waals surface area contributed by atoms with Crippen LogP contribution in [-0.2, 0) is 0 Å². The van der Waals surface area contributed by atoms with Gasteiger partial charge in [0.25, 0.3) is 0 Å². The van der Waals surface area contributed by atoms with Crippen LogP contribution in [0.15, 0.2) is 24.3 Å². The molecule has 14 heavy (non-hydrogen) atoms. The third kappa shape index (κ3) is 4.18. The maximum atomic E-state index is 9.34. The first-order valence-electron chi connectivity index (χ1n) is 4.35. The third-order valence-corrected chi connectivity index (χ3v) is 2.13. The Kier molecular flexibility index (Phi) is 5.09. The number of alkyl halides is 1. The van der Waals surface area contributed by atoms with Crippen LogP contribution in [0.25, 0.3) is 0 Å². The quantitative estimate of drug-likeness (QED) is 0.795. The highest BCUT2D eigenvalue weighted by atomic mass is 35.5. The van der Waals surface area contributed by atoms with Crippen LogP contribution in [0.4, 0.5) is 0 Å². The zero-order valence-electron chi connectivity index (χ0n) is 7.62. The Bertz CT molecular complexity index is 279. The number of aliphatic hydroxyl groups is 1. The van der Waals surface area contributed by atoms with E-state index >= 15 is 0 Å². The molecule has 0 aromatic heterocycles. The van der Waals surface area contributed by atoms with Crippen LogP contribution in [0, 0.1) is 0 Å². The standard InChI is InChI=1S/C10H12Cl2O2/c11-5-4-9(13)7-14-10-3-1-2-8(12)6-10/h1-3,6,9,13H,4-5,7H2. The molecule has 0 aliphatic rings. The SMILES string of the molecule is OC(CCCl)COc1cccc(Cl)c1. The van der Waals surface area contributed by atoms with Crippen LogP contribution in [0.1, 0.15) is 6.42 Å². The molecule has 1 unspecified atom stereocenters. The molecule has 0 spiro atoms. The Hall–Kier alpha value is -0.440. The number of aliphatic hydroxyl groups excluding tert-OH is 1. The second-order valence-corrected chi connectivity index (χ2v) is 3.71. The van der Waals surface area contributed by atoms with Crippen molar-refractivity contribution in [1.29, 1.82) is 0 Å². The molecule has 0 bridgehead atoms. The van der Waals surface area contributed by atoms with E-state index in [1.165, 1.54) is 0 Å². The van der Waals surface area contributed by atoms with Gasteiger partial charge in [-0.25, -0.2) is 0 Å². The Morgan fingerprint density at radius 1 is 1.43 bits per heavy atom. The van der Waals surface area contributed by atoms with Crippen molar-refractivity contribution in [3.8, 4) is 5.75 Å². The zero-order chi connectivity index (χ0) is 10.4. The van der Waals surface area contributed by atoms with Gasteiger partial charge in [-0.2, -0.15) is 0 Å². The van der Waals surface area contributed by atoms with Gasteiger partial charge in [0.05, 0.1) is 6.10 Å². The van der Waals surface area contributed by atoms with Gasteiger partial charge in [-0.1, -0.05) is 17.7 Å². The average Bonchev–Trinajstić information content (AvgIpc) is 2.15. The largest absolute Gasteiger partial charge is 0.491 e. The van der Waals surface area contributed by atoms with E-state index in [9.17, 15) is 5.11 Å². The smallest absolute Gasteiger partial charge is 0.120 e. The number of rotatable bonds is 5. The van der Waals surface area contributed by atoms with Crippen molar-refractivity contribution in [3.05, 3.63) is 29.3 Å². The Labute approximate surface area is 93.4 Å². The second-order valence-electron chi connectivity index (χ2n) is 2.90. The van der Waals surface area contributed by atoms with Gasteiger partial charge in [0.2, 0.25) is 0 Å². The fraction of sp³-hybridized carbons (Fsp3) is 0.400. The molecule has 0 aliphatic heterocycles. The van der Waals surface area contributed by atoms with Gasteiger partial charge >= 0.3 is 0 Å². The fourth-order valence-corrected chi connectivity index (χ4v) is 1.39. The predicted octanol–water partition coefficient (Wildman–Crippen LogP) is 2.71. The molecule has 1 rings (SSSR count). The van der Waals surface area contributed by atoms with Crippen molar-refractivity contribution in [2.24, 2.45) is 0 Å². The van der Waals surface area contributed by atoms with Crippen molar-refractivity contribution < 1.29 is 9.84 Å². The summed E-state index contributed by atoms with van der Waals surface area (Å²) in [6.45, 7) is 0.243. The van der Waals surface area contributed by atoms with Gasteiger partial charge in [0.1, 0.15) is 12.4 Å². The fourth-order valence-electron chi connectivity index (χ4n) is 0.958. The summed E-state index contributed by atoms with van der Waals surface area (Å²) in [5.41, 5.74) is 0. The Balaban J connectivity index is 2.37. The highest BCUT2D eigenvalue weighted by Crippen LogP contribution is 2.17. The molecule has 2 nitrogen and oxygen atoms in total. The van der Waals surface area contributed by atoms with Crippen LogP contribution in [0.5, 0.6) is 5.75 Å². The lowest BCUT2D eigenvalue weighted by Gasteiger charge is -2.10. The van der Waals surface area contributed by atoms with Gasteiger partial charge in [0.15, 0.2) is 0 Å². The Morgan fingerprint density at radius 2 is 2.21 bits per heavy atom. The number of hydrogen-bond acceptors (Lipinski definition) is 2. The van der Waals surface area contributed by atoms with Crippen molar-refractivity contribution in [2.75, 3.05) is 12.5 Å². The summed E-state index contributed by atoms with van der Waals surface area (Å²) in [6, 6.07) is 7.06. The van der Waals surface area contributed by atoms with E-state index in [1.807, 2.05) is 0 Å². The molecule has 0 saturated heterocycles. The highest BCUT2D eigenvalue weighted by molar-refractivity contribution is 6.30. The van der Waals surface area contributed by atoms with Crippen molar-refractivity contribution in [3.63, 3.8) is 0 Å². The normalized spacial score (nSPS) is 12.5.